The molecule has 1 aliphatic rings. The Morgan fingerprint density at radius 1 is 1.09 bits per heavy atom. The second kappa shape index (κ2) is 3.84. The highest BCUT2D eigenvalue weighted by Crippen LogP contribution is 2.39. The van der Waals surface area contributed by atoms with E-state index in [1.165, 1.54) is 32.1 Å². The highest BCUT2D eigenvalue weighted by atomic mass is 32.2. The SMILES string of the molecule is CSC(C)(C)C1CCCCC1. The zero-order chi connectivity index (χ0) is 8.32. The summed E-state index contributed by atoms with van der Waals surface area (Å²) in [7, 11) is 0. The van der Waals surface area contributed by atoms with Gasteiger partial charge >= 0.3 is 0 Å². The molecule has 11 heavy (non-hydrogen) atoms. The normalized spacial score (nSPS) is 22.1. The quantitative estimate of drug-likeness (QED) is 0.612. The Labute approximate surface area is 75.1 Å². The van der Waals surface area contributed by atoms with Gasteiger partial charge in [-0.3, -0.25) is 0 Å². The maximum atomic E-state index is 2.40. The van der Waals surface area contributed by atoms with Gasteiger partial charge in [-0.05, 0) is 25.0 Å². The summed E-state index contributed by atoms with van der Waals surface area (Å²) in [6.45, 7) is 4.79. The van der Waals surface area contributed by atoms with E-state index in [1.54, 1.807) is 0 Å². The average Bonchev–Trinajstić information content (AvgIpc) is 2.06. The van der Waals surface area contributed by atoms with Crippen molar-refractivity contribution in [1.29, 1.82) is 0 Å². The molecule has 0 heterocycles. The van der Waals surface area contributed by atoms with Crippen LogP contribution >= 0.6 is 11.8 Å². The fourth-order valence-corrected chi connectivity index (χ4v) is 2.53. The summed E-state index contributed by atoms with van der Waals surface area (Å²) in [5.41, 5.74) is 0. The lowest BCUT2D eigenvalue weighted by molar-refractivity contribution is 0.304. The van der Waals surface area contributed by atoms with E-state index in [0.29, 0.717) is 4.75 Å². The van der Waals surface area contributed by atoms with Crippen molar-refractivity contribution >= 4 is 11.8 Å². The number of thioether (sulfide) groups is 1. The Morgan fingerprint density at radius 3 is 2.09 bits per heavy atom. The highest BCUT2D eigenvalue weighted by molar-refractivity contribution is 7.99. The second-order valence-electron chi connectivity index (χ2n) is 4.14. The Balaban J connectivity index is 2.43. The largest absolute Gasteiger partial charge is 0.159 e. The van der Waals surface area contributed by atoms with Crippen molar-refractivity contribution in [3.63, 3.8) is 0 Å². The van der Waals surface area contributed by atoms with Gasteiger partial charge in [-0.25, -0.2) is 0 Å². The van der Waals surface area contributed by atoms with E-state index >= 15 is 0 Å². The molecule has 0 bridgehead atoms. The zero-order valence-corrected chi connectivity index (χ0v) is 8.84. The van der Waals surface area contributed by atoms with Gasteiger partial charge in [-0.2, -0.15) is 11.8 Å². The summed E-state index contributed by atoms with van der Waals surface area (Å²) >= 11 is 2.03. The summed E-state index contributed by atoms with van der Waals surface area (Å²) in [5, 5.41) is 0. The van der Waals surface area contributed by atoms with Crippen molar-refractivity contribution < 1.29 is 0 Å². The van der Waals surface area contributed by atoms with Crippen molar-refractivity contribution in [3.05, 3.63) is 0 Å². The molecule has 0 nitrogen and oxygen atoms in total. The van der Waals surface area contributed by atoms with E-state index in [0.717, 1.165) is 5.92 Å². The molecule has 1 aliphatic carbocycles. The first-order valence-electron chi connectivity index (χ1n) is 4.72. The zero-order valence-electron chi connectivity index (χ0n) is 8.02. The van der Waals surface area contributed by atoms with Crippen molar-refractivity contribution in [1.82, 2.24) is 0 Å². The molecule has 1 heteroatoms. The molecule has 66 valence electrons. The van der Waals surface area contributed by atoms with E-state index in [2.05, 4.69) is 20.1 Å². The summed E-state index contributed by atoms with van der Waals surface area (Å²) in [5.74, 6) is 0.978. The van der Waals surface area contributed by atoms with E-state index in [1.807, 2.05) is 11.8 Å². The topological polar surface area (TPSA) is 0 Å². The first-order valence-corrected chi connectivity index (χ1v) is 5.94. The van der Waals surface area contributed by atoms with Crippen molar-refractivity contribution in [2.45, 2.75) is 50.7 Å². The Morgan fingerprint density at radius 2 is 1.64 bits per heavy atom. The minimum Gasteiger partial charge on any atom is -0.159 e. The second-order valence-corrected chi connectivity index (χ2v) is 5.60. The van der Waals surface area contributed by atoms with E-state index in [-0.39, 0.29) is 0 Å². The van der Waals surface area contributed by atoms with Gasteiger partial charge in [0.15, 0.2) is 0 Å². The van der Waals surface area contributed by atoms with Gasteiger partial charge in [0.05, 0.1) is 0 Å². The van der Waals surface area contributed by atoms with Gasteiger partial charge in [-0.15, -0.1) is 0 Å². The van der Waals surface area contributed by atoms with Gasteiger partial charge < -0.3 is 0 Å². The minimum absolute atomic E-state index is 0.528. The van der Waals surface area contributed by atoms with Crippen LogP contribution in [0.4, 0.5) is 0 Å². The maximum absolute atomic E-state index is 2.40. The monoisotopic (exact) mass is 172 g/mol. The van der Waals surface area contributed by atoms with Crippen molar-refractivity contribution in [2.75, 3.05) is 6.26 Å². The van der Waals surface area contributed by atoms with Crippen LogP contribution in [-0.2, 0) is 0 Å². The third kappa shape index (κ3) is 2.40. The Bertz CT molecular complexity index is 112. The molecule has 0 aliphatic heterocycles. The van der Waals surface area contributed by atoms with Crippen LogP contribution < -0.4 is 0 Å². The minimum atomic E-state index is 0.528. The number of hydrogen-bond donors (Lipinski definition) is 0. The summed E-state index contributed by atoms with van der Waals surface area (Å²) in [4.78, 5) is 0. The molecular formula is C10H20S. The lowest BCUT2D eigenvalue weighted by Gasteiger charge is -2.35. The molecule has 0 atom stereocenters. The Kier molecular flexibility index (Phi) is 3.29. The van der Waals surface area contributed by atoms with Gasteiger partial charge in [0.25, 0.3) is 0 Å². The third-order valence-corrected chi connectivity index (χ3v) is 4.50. The predicted molar refractivity (Wildman–Crippen MR) is 54.2 cm³/mol. The molecule has 0 aromatic rings. The molecule has 0 aromatic heterocycles. The third-order valence-electron chi connectivity index (χ3n) is 3.11. The maximum Gasteiger partial charge on any atom is 0.0129 e. The summed E-state index contributed by atoms with van der Waals surface area (Å²) in [6.07, 6.45) is 9.58. The summed E-state index contributed by atoms with van der Waals surface area (Å²) in [6, 6.07) is 0. The van der Waals surface area contributed by atoms with E-state index in [4.69, 9.17) is 0 Å². The summed E-state index contributed by atoms with van der Waals surface area (Å²) < 4.78 is 0.528. The van der Waals surface area contributed by atoms with Gasteiger partial charge in [-0.1, -0.05) is 33.1 Å². The van der Waals surface area contributed by atoms with Crippen LogP contribution in [0, 0.1) is 5.92 Å². The average molecular weight is 172 g/mol. The molecule has 0 N–H and O–H groups in total. The van der Waals surface area contributed by atoms with E-state index in [9.17, 15) is 0 Å². The van der Waals surface area contributed by atoms with Crippen LogP contribution in [0.15, 0.2) is 0 Å². The molecule has 0 radical (unpaired) electrons. The predicted octanol–water partition coefficient (Wildman–Crippen LogP) is 3.71. The van der Waals surface area contributed by atoms with Crippen LogP contribution in [-0.4, -0.2) is 11.0 Å². The molecule has 0 unspecified atom stereocenters. The number of hydrogen-bond acceptors (Lipinski definition) is 1. The smallest absolute Gasteiger partial charge is 0.0129 e. The van der Waals surface area contributed by atoms with Gasteiger partial charge in [0.2, 0.25) is 0 Å². The lowest BCUT2D eigenvalue weighted by atomic mass is 9.81. The van der Waals surface area contributed by atoms with Crippen LogP contribution in [0.5, 0.6) is 0 Å². The molecular weight excluding hydrogens is 152 g/mol. The van der Waals surface area contributed by atoms with Crippen LogP contribution in [0.3, 0.4) is 0 Å². The fraction of sp³-hybridized carbons (Fsp3) is 1.00. The number of rotatable bonds is 2. The van der Waals surface area contributed by atoms with Crippen molar-refractivity contribution in [3.8, 4) is 0 Å². The van der Waals surface area contributed by atoms with E-state index < -0.39 is 0 Å². The van der Waals surface area contributed by atoms with Crippen molar-refractivity contribution in [2.24, 2.45) is 5.92 Å². The van der Waals surface area contributed by atoms with Crippen LogP contribution in [0.25, 0.3) is 0 Å². The van der Waals surface area contributed by atoms with Crippen LogP contribution in [0.2, 0.25) is 0 Å². The lowest BCUT2D eigenvalue weighted by Crippen LogP contribution is -2.28. The molecule has 1 rings (SSSR count). The standard InChI is InChI=1S/C10H20S/c1-10(2,11-3)9-7-5-4-6-8-9/h9H,4-8H2,1-3H3. The molecule has 1 saturated carbocycles. The Hall–Kier alpha value is 0.350. The van der Waals surface area contributed by atoms with Gasteiger partial charge in [0, 0.05) is 4.75 Å². The van der Waals surface area contributed by atoms with Gasteiger partial charge in [0.1, 0.15) is 0 Å². The molecule has 0 saturated heterocycles. The van der Waals surface area contributed by atoms with Crippen LogP contribution in [0.1, 0.15) is 46.0 Å². The fourth-order valence-electron chi connectivity index (χ4n) is 1.96. The molecule has 0 amide bonds. The molecule has 1 fully saturated rings. The first-order chi connectivity index (χ1) is 5.17. The first kappa shape index (κ1) is 9.44. The molecule has 0 spiro atoms. The highest BCUT2D eigenvalue weighted by Gasteiger charge is 2.29. The molecule has 0 aromatic carbocycles.